The molecule has 3 amide bonds. The van der Waals surface area contributed by atoms with Crippen LogP contribution >= 0.6 is 11.8 Å². The Morgan fingerprint density at radius 2 is 1.94 bits per heavy atom. The molecule has 1 saturated heterocycles. The van der Waals surface area contributed by atoms with Gasteiger partial charge in [-0.3, -0.25) is 9.69 Å². The quantitative estimate of drug-likeness (QED) is 0.603. The highest BCUT2D eigenvalue weighted by molar-refractivity contribution is 8.01. The maximum atomic E-state index is 14.0. The summed E-state index contributed by atoms with van der Waals surface area (Å²) >= 11 is 1.45. The van der Waals surface area contributed by atoms with E-state index >= 15 is 0 Å². The van der Waals surface area contributed by atoms with Crippen molar-refractivity contribution in [3.63, 3.8) is 0 Å². The number of benzene rings is 3. The number of nitrogens with one attached hydrogen (secondary N) is 1. The molecule has 0 unspecified atom stereocenters. The molecule has 3 aromatic rings. The van der Waals surface area contributed by atoms with Gasteiger partial charge >= 0.3 is 6.03 Å². The molecule has 0 bridgehead atoms. The number of carbonyl (C=O) groups is 2. The second-order valence-corrected chi connectivity index (χ2v) is 9.13. The van der Waals surface area contributed by atoms with Crippen LogP contribution in [0, 0.1) is 5.82 Å². The van der Waals surface area contributed by atoms with Crippen molar-refractivity contribution in [2.45, 2.75) is 11.4 Å². The van der Waals surface area contributed by atoms with E-state index < -0.39 is 16.7 Å². The summed E-state index contributed by atoms with van der Waals surface area (Å²) in [6.45, 7) is 0.758. The van der Waals surface area contributed by atoms with Gasteiger partial charge in [0.2, 0.25) is 0 Å². The first-order valence-electron chi connectivity index (χ1n) is 10.6. The van der Waals surface area contributed by atoms with Gasteiger partial charge in [-0.25, -0.2) is 9.18 Å². The molecule has 0 aliphatic carbocycles. The number of fused-ring (bicyclic) bond motifs is 2. The van der Waals surface area contributed by atoms with E-state index in [0.29, 0.717) is 30.3 Å². The fourth-order valence-corrected chi connectivity index (χ4v) is 5.90. The number of ether oxygens (including phenoxy) is 1. The summed E-state index contributed by atoms with van der Waals surface area (Å²) in [5.74, 6) is 0.728. The lowest BCUT2D eigenvalue weighted by molar-refractivity contribution is -0.123. The van der Waals surface area contributed by atoms with Gasteiger partial charge in [0.1, 0.15) is 11.6 Å². The Morgan fingerprint density at radius 3 is 2.76 bits per heavy atom. The smallest absolute Gasteiger partial charge is 0.323 e. The van der Waals surface area contributed by atoms with Gasteiger partial charge in [-0.1, -0.05) is 36.4 Å². The summed E-state index contributed by atoms with van der Waals surface area (Å²) in [5.41, 5.74) is 2.84. The van der Waals surface area contributed by atoms with Crippen molar-refractivity contribution in [3.05, 3.63) is 89.7 Å². The van der Waals surface area contributed by atoms with E-state index in [0.717, 1.165) is 16.8 Å². The zero-order valence-electron chi connectivity index (χ0n) is 18.0. The van der Waals surface area contributed by atoms with E-state index in [1.807, 2.05) is 48.5 Å². The van der Waals surface area contributed by atoms with Crippen LogP contribution in [-0.4, -0.2) is 36.2 Å². The average molecular weight is 464 g/mol. The highest BCUT2D eigenvalue weighted by atomic mass is 32.2. The molecule has 6 nitrogen and oxygen atoms in total. The van der Waals surface area contributed by atoms with Gasteiger partial charge in [-0.2, -0.15) is 0 Å². The molecule has 3 aromatic carbocycles. The van der Waals surface area contributed by atoms with Gasteiger partial charge in [-0.15, -0.1) is 11.8 Å². The van der Waals surface area contributed by atoms with Gasteiger partial charge in [-0.05, 0) is 42.0 Å². The Labute approximate surface area is 195 Å². The van der Waals surface area contributed by atoms with E-state index in [9.17, 15) is 14.0 Å². The molecule has 2 aliphatic heterocycles. The monoisotopic (exact) mass is 463 g/mol. The molecule has 1 spiro atoms. The first-order chi connectivity index (χ1) is 16.0. The number of hydrogen-bond acceptors (Lipinski definition) is 4. The molecule has 2 aliphatic rings. The summed E-state index contributed by atoms with van der Waals surface area (Å²) in [6.07, 6.45) is 0. The first-order valence-corrected chi connectivity index (χ1v) is 11.5. The Bertz CT molecular complexity index is 1240. The second kappa shape index (κ2) is 8.44. The predicted octanol–water partition coefficient (Wildman–Crippen LogP) is 4.81. The van der Waals surface area contributed by atoms with Crippen molar-refractivity contribution in [3.8, 4) is 5.75 Å². The molecule has 0 radical (unpaired) electrons. The number of carbonyl (C=O) groups excluding carboxylic acids is 2. The fraction of sp³-hybridized carbons (Fsp3) is 0.200. The maximum Gasteiger partial charge on any atom is 0.323 e. The number of thioether (sulfide) groups is 1. The largest absolute Gasteiger partial charge is 0.497 e. The Balaban J connectivity index is 1.50. The Hall–Kier alpha value is -3.52. The van der Waals surface area contributed by atoms with Crippen molar-refractivity contribution in [1.82, 2.24) is 4.90 Å². The van der Waals surface area contributed by atoms with Crippen LogP contribution in [0.15, 0.2) is 72.8 Å². The lowest BCUT2D eigenvalue weighted by Crippen LogP contribution is -2.51. The molecule has 1 N–H and O–H groups in total. The van der Waals surface area contributed by atoms with Crippen LogP contribution in [0.4, 0.5) is 20.6 Å². The van der Waals surface area contributed by atoms with Crippen molar-refractivity contribution >= 4 is 35.1 Å². The fourth-order valence-electron chi connectivity index (χ4n) is 4.44. The molecule has 33 heavy (non-hydrogen) atoms. The SMILES string of the molecule is COc1cccc(CN2C(=O)[C@]3(SCCN3C(=O)Nc3cccc(F)c3)c3ccccc32)c1. The Kier molecular flexibility index (Phi) is 5.46. The number of amides is 3. The molecular weight excluding hydrogens is 441 g/mol. The van der Waals surface area contributed by atoms with E-state index in [2.05, 4.69) is 5.32 Å². The normalized spacial score (nSPS) is 19.2. The third kappa shape index (κ3) is 3.60. The van der Waals surface area contributed by atoms with E-state index in [-0.39, 0.29) is 5.91 Å². The summed E-state index contributed by atoms with van der Waals surface area (Å²) in [7, 11) is 1.61. The van der Waals surface area contributed by atoms with Crippen LogP contribution in [0.5, 0.6) is 5.75 Å². The predicted molar refractivity (Wildman–Crippen MR) is 127 cm³/mol. The average Bonchev–Trinajstić information content (AvgIpc) is 3.37. The molecule has 1 fully saturated rings. The van der Waals surface area contributed by atoms with Crippen LogP contribution in [0.2, 0.25) is 0 Å². The van der Waals surface area contributed by atoms with E-state index in [1.54, 1.807) is 23.0 Å². The minimum Gasteiger partial charge on any atom is -0.497 e. The third-order valence-electron chi connectivity index (χ3n) is 5.90. The van der Waals surface area contributed by atoms with Crippen molar-refractivity contribution < 1.29 is 18.7 Å². The minimum atomic E-state index is -1.16. The summed E-state index contributed by atoms with van der Waals surface area (Å²) in [6, 6.07) is 20.5. The van der Waals surface area contributed by atoms with Crippen LogP contribution < -0.4 is 15.0 Å². The van der Waals surface area contributed by atoms with Crippen molar-refractivity contribution in [2.75, 3.05) is 29.6 Å². The zero-order chi connectivity index (χ0) is 23.0. The number of hydrogen-bond donors (Lipinski definition) is 1. The van der Waals surface area contributed by atoms with Crippen LogP contribution in [0.3, 0.4) is 0 Å². The molecule has 0 aromatic heterocycles. The first kappa shape index (κ1) is 21.3. The molecule has 8 heteroatoms. The highest BCUT2D eigenvalue weighted by Gasteiger charge is 2.59. The lowest BCUT2D eigenvalue weighted by atomic mass is 10.1. The summed E-state index contributed by atoms with van der Waals surface area (Å²) < 4.78 is 18.9. The van der Waals surface area contributed by atoms with Crippen molar-refractivity contribution in [2.24, 2.45) is 0 Å². The number of para-hydroxylation sites is 1. The molecular formula is C25H22FN3O3S. The van der Waals surface area contributed by atoms with E-state index in [1.165, 1.54) is 30.0 Å². The molecule has 5 rings (SSSR count). The van der Waals surface area contributed by atoms with Gasteiger partial charge in [0.05, 0.1) is 19.3 Å². The topological polar surface area (TPSA) is 61.9 Å². The number of methoxy groups -OCH3 is 1. The minimum absolute atomic E-state index is 0.164. The lowest BCUT2D eigenvalue weighted by Gasteiger charge is -2.33. The van der Waals surface area contributed by atoms with Gasteiger partial charge in [0.25, 0.3) is 5.91 Å². The second-order valence-electron chi connectivity index (χ2n) is 7.84. The summed E-state index contributed by atoms with van der Waals surface area (Å²) in [4.78, 5) is 29.4. The molecule has 2 heterocycles. The van der Waals surface area contributed by atoms with Gasteiger partial charge in [0, 0.05) is 23.5 Å². The van der Waals surface area contributed by atoms with Gasteiger partial charge < -0.3 is 15.0 Å². The van der Waals surface area contributed by atoms with Crippen molar-refractivity contribution in [1.29, 1.82) is 0 Å². The standard InChI is InChI=1S/C25H22FN3O3S/c1-32-20-9-4-6-17(14-20)16-28-22-11-3-2-10-21(22)25(23(28)30)29(12-13-33-25)24(31)27-19-8-5-7-18(26)15-19/h2-11,14-15H,12-13,16H2,1H3,(H,27,31)/t25-/m1/s1. The third-order valence-corrected chi connectivity index (χ3v) is 7.32. The van der Waals surface area contributed by atoms with Gasteiger partial charge in [0.15, 0.2) is 4.87 Å². The Morgan fingerprint density at radius 1 is 1.12 bits per heavy atom. The molecule has 168 valence electrons. The highest BCUT2D eigenvalue weighted by Crippen LogP contribution is 2.54. The van der Waals surface area contributed by atoms with E-state index in [4.69, 9.17) is 4.74 Å². The molecule has 0 saturated carbocycles. The van der Waals surface area contributed by atoms with Crippen LogP contribution in [0.1, 0.15) is 11.1 Å². The zero-order valence-corrected chi connectivity index (χ0v) is 18.8. The van der Waals surface area contributed by atoms with Crippen LogP contribution in [0.25, 0.3) is 0 Å². The van der Waals surface area contributed by atoms with Crippen LogP contribution in [-0.2, 0) is 16.2 Å². The number of rotatable bonds is 4. The molecule has 1 atom stereocenters. The number of anilines is 2. The number of nitrogens with zero attached hydrogens (tertiary/aromatic N) is 2. The summed E-state index contributed by atoms with van der Waals surface area (Å²) in [5, 5.41) is 2.75. The maximum absolute atomic E-state index is 14.0. The number of halogens is 1. The number of urea groups is 1.